The third-order valence-electron chi connectivity index (χ3n) is 11.4. The number of likely N-dealkylation sites (N-methyl/N-ethyl adjacent to an activating group) is 1. The van der Waals surface area contributed by atoms with E-state index in [0.717, 1.165) is 38.5 Å². The van der Waals surface area contributed by atoms with Gasteiger partial charge < -0.3 is 19.8 Å². The highest BCUT2D eigenvalue weighted by Crippen LogP contribution is 2.43. The Morgan fingerprint density at radius 3 is 1.36 bits per heavy atom. The number of carbonyl (C=O) groups excluding carboxylic acids is 1. The number of aliphatic hydroxyl groups is 1. The zero-order valence-electron chi connectivity index (χ0n) is 39.8. The van der Waals surface area contributed by atoms with E-state index in [1.807, 2.05) is 27.2 Å². The molecule has 59 heavy (non-hydrogen) atoms. The SMILES string of the molecule is CCCCCCCCCCCCCCCCCCCC/C=C/CC/C=C/C(O)C(COP(=O)(O)OCC[N+](C)(C)C)NC(=O)CCCCCCCCCCCCCCC. The molecule has 0 aromatic carbocycles. The van der Waals surface area contributed by atoms with Gasteiger partial charge in [0.05, 0.1) is 39.9 Å². The van der Waals surface area contributed by atoms with Crippen molar-refractivity contribution in [3.63, 3.8) is 0 Å². The summed E-state index contributed by atoms with van der Waals surface area (Å²) in [5.74, 6) is -0.185. The molecule has 3 atom stereocenters. The van der Waals surface area contributed by atoms with Crippen molar-refractivity contribution < 1.29 is 32.9 Å². The van der Waals surface area contributed by atoms with E-state index in [4.69, 9.17) is 9.05 Å². The molecule has 0 rings (SSSR count). The lowest BCUT2D eigenvalue weighted by molar-refractivity contribution is -0.870. The van der Waals surface area contributed by atoms with Crippen molar-refractivity contribution in [3.8, 4) is 0 Å². The van der Waals surface area contributed by atoms with Gasteiger partial charge >= 0.3 is 7.82 Å². The van der Waals surface area contributed by atoms with E-state index < -0.39 is 20.0 Å². The van der Waals surface area contributed by atoms with Gasteiger partial charge in [-0.1, -0.05) is 224 Å². The average Bonchev–Trinajstić information content (AvgIpc) is 3.19. The van der Waals surface area contributed by atoms with Crippen molar-refractivity contribution in [3.05, 3.63) is 24.3 Å². The van der Waals surface area contributed by atoms with Gasteiger partial charge in [-0.3, -0.25) is 13.8 Å². The van der Waals surface area contributed by atoms with Crippen LogP contribution in [0.25, 0.3) is 0 Å². The molecule has 0 aromatic heterocycles. The summed E-state index contributed by atoms with van der Waals surface area (Å²) in [7, 11) is 1.56. The second-order valence-corrected chi connectivity index (χ2v) is 20.0. The Labute approximate surface area is 366 Å². The van der Waals surface area contributed by atoms with Crippen molar-refractivity contribution >= 4 is 13.7 Å². The summed E-state index contributed by atoms with van der Waals surface area (Å²) < 4.78 is 23.6. The first kappa shape index (κ1) is 58.0. The highest BCUT2D eigenvalue weighted by atomic mass is 31.2. The quantitative estimate of drug-likeness (QED) is 0.0244. The summed E-state index contributed by atoms with van der Waals surface area (Å²) in [6.07, 6.45) is 51.2. The van der Waals surface area contributed by atoms with Crippen molar-refractivity contribution in [1.29, 1.82) is 0 Å². The number of allylic oxidation sites excluding steroid dienone is 3. The fourth-order valence-corrected chi connectivity index (χ4v) is 8.15. The molecule has 0 spiro atoms. The lowest BCUT2D eigenvalue weighted by Crippen LogP contribution is -2.45. The van der Waals surface area contributed by atoms with Crippen LogP contribution in [-0.4, -0.2) is 73.4 Å². The fourth-order valence-electron chi connectivity index (χ4n) is 7.41. The van der Waals surface area contributed by atoms with E-state index in [0.29, 0.717) is 17.4 Å². The second kappa shape index (κ2) is 42.3. The molecular formula is C50H100N2O6P+. The number of quaternary nitrogens is 1. The Kier molecular flexibility index (Phi) is 41.6. The first-order chi connectivity index (χ1) is 28.5. The standard InChI is InChI=1S/C50H99N2O6P/c1-6-8-10-12-14-16-18-20-21-22-23-24-25-26-27-28-29-30-32-33-35-37-39-41-43-49(53)48(47-58-59(55,56)57-46-45-52(3,4)5)51-50(54)44-42-40-38-36-34-31-19-17-15-13-11-9-7-2/h33,35,41,43,48-49,53H,6-32,34,36-40,42,44-47H2,1-5H3,(H-,51,54,55,56)/p+1/b35-33+,43-41+. The van der Waals surface area contributed by atoms with Crippen LogP contribution in [0.4, 0.5) is 0 Å². The molecular weight excluding hydrogens is 756 g/mol. The molecule has 3 unspecified atom stereocenters. The van der Waals surface area contributed by atoms with Crippen molar-refractivity contribution in [1.82, 2.24) is 5.32 Å². The van der Waals surface area contributed by atoms with Crippen LogP contribution in [0.5, 0.6) is 0 Å². The average molecular weight is 856 g/mol. The van der Waals surface area contributed by atoms with Crippen LogP contribution in [0.2, 0.25) is 0 Å². The van der Waals surface area contributed by atoms with Crippen molar-refractivity contribution in [2.45, 2.75) is 251 Å². The van der Waals surface area contributed by atoms with Crippen LogP contribution < -0.4 is 5.32 Å². The van der Waals surface area contributed by atoms with E-state index in [1.54, 1.807) is 6.08 Å². The minimum Gasteiger partial charge on any atom is -0.387 e. The first-order valence-corrected chi connectivity index (χ1v) is 26.7. The molecule has 0 aliphatic heterocycles. The minimum atomic E-state index is -4.34. The smallest absolute Gasteiger partial charge is 0.387 e. The summed E-state index contributed by atoms with van der Waals surface area (Å²) in [6.45, 7) is 4.81. The molecule has 350 valence electrons. The molecule has 8 nitrogen and oxygen atoms in total. The molecule has 9 heteroatoms. The van der Waals surface area contributed by atoms with Gasteiger partial charge in [0.1, 0.15) is 13.2 Å². The number of amides is 1. The van der Waals surface area contributed by atoms with Gasteiger partial charge in [-0.25, -0.2) is 4.57 Å². The Hall–Kier alpha value is -1.02. The second-order valence-electron chi connectivity index (χ2n) is 18.5. The highest BCUT2D eigenvalue weighted by Gasteiger charge is 2.27. The molecule has 0 aliphatic carbocycles. The normalized spacial score (nSPS) is 14.4. The molecule has 0 fully saturated rings. The number of phosphoric acid groups is 1. The number of unbranched alkanes of at least 4 members (excludes halogenated alkanes) is 31. The fraction of sp³-hybridized carbons (Fsp3) is 0.900. The maximum absolute atomic E-state index is 12.9. The topological polar surface area (TPSA) is 105 Å². The number of hydrogen-bond acceptors (Lipinski definition) is 5. The zero-order chi connectivity index (χ0) is 43.6. The summed E-state index contributed by atoms with van der Waals surface area (Å²) in [4.78, 5) is 23.1. The van der Waals surface area contributed by atoms with Gasteiger partial charge in [-0.05, 0) is 32.1 Å². The Balaban J connectivity index is 4.30. The van der Waals surface area contributed by atoms with Crippen LogP contribution >= 0.6 is 7.82 Å². The number of nitrogens with one attached hydrogen (secondary N) is 1. The van der Waals surface area contributed by atoms with Crippen LogP contribution in [0, 0.1) is 0 Å². The van der Waals surface area contributed by atoms with Gasteiger partial charge in [0.2, 0.25) is 5.91 Å². The largest absolute Gasteiger partial charge is 0.472 e. The van der Waals surface area contributed by atoms with Gasteiger partial charge in [-0.15, -0.1) is 0 Å². The number of nitrogens with zero attached hydrogens (tertiary/aromatic N) is 1. The highest BCUT2D eigenvalue weighted by molar-refractivity contribution is 7.47. The molecule has 0 aromatic rings. The zero-order valence-corrected chi connectivity index (χ0v) is 40.7. The van der Waals surface area contributed by atoms with E-state index in [1.165, 1.54) is 180 Å². The Bertz CT molecular complexity index is 1020. The number of hydrogen-bond donors (Lipinski definition) is 3. The predicted molar refractivity (Wildman–Crippen MR) is 254 cm³/mol. The van der Waals surface area contributed by atoms with E-state index in [9.17, 15) is 19.4 Å². The molecule has 0 aliphatic rings. The monoisotopic (exact) mass is 856 g/mol. The van der Waals surface area contributed by atoms with E-state index in [2.05, 4.69) is 31.3 Å². The summed E-state index contributed by atoms with van der Waals surface area (Å²) in [6, 6.07) is -0.858. The van der Waals surface area contributed by atoms with Gasteiger partial charge in [-0.2, -0.15) is 0 Å². The molecule has 1 amide bonds. The number of rotatable bonds is 46. The number of carbonyl (C=O) groups is 1. The van der Waals surface area contributed by atoms with Crippen LogP contribution in [0.1, 0.15) is 239 Å². The van der Waals surface area contributed by atoms with Gasteiger partial charge in [0.15, 0.2) is 0 Å². The number of aliphatic hydroxyl groups excluding tert-OH is 1. The summed E-state index contributed by atoms with van der Waals surface area (Å²) in [5, 5.41) is 13.8. The van der Waals surface area contributed by atoms with Crippen molar-refractivity contribution in [2.24, 2.45) is 0 Å². The predicted octanol–water partition coefficient (Wildman–Crippen LogP) is 14.5. The van der Waals surface area contributed by atoms with Gasteiger partial charge in [0, 0.05) is 6.42 Å². The Morgan fingerprint density at radius 1 is 0.559 bits per heavy atom. The van der Waals surface area contributed by atoms with Crippen LogP contribution in [-0.2, 0) is 18.4 Å². The first-order valence-electron chi connectivity index (χ1n) is 25.2. The lowest BCUT2D eigenvalue weighted by Gasteiger charge is -2.25. The van der Waals surface area contributed by atoms with Crippen molar-refractivity contribution in [2.75, 3.05) is 40.9 Å². The van der Waals surface area contributed by atoms with Crippen LogP contribution in [0.15, 0.2) is 24.3 Å². The lowest BCUT2D eigenvalue weighted by atomic mass is 10.0. The maximum Gasteiger partial charge on any atom is 0.472 e. The Morgan fingerprint density at radius 2 is 0.932 bits per heavy atom. The number of phosphoric ester groups is 1. The third kappa shape index (κ3) is 44.8. The summed E-state index contributed by atoms with van der Waals surface area (Å²) in [5.41, 5.74) is 0. The molecule has 3 N–H and O–H groups in total. The maximum atomic E-state index is 12.9. The van der Waals surface area contributed by atoms with E-state index >= 15 is 0 Å². The third-order valence-corrected chi connectivity index (χ3v) is 12.4. The van der Waals surface area contributed by atoms with Gasteiger partial charge in [0.25, 0.3) is 0 Å². The molecule has 0 saturated carbocycles. The molecule has 0 saturated heterocycles. The molecule has 0 bridgehead atoms. The minimum absolute atomic E-state index is 0.0584. The molecule has 0 heterocycles. The van der Waals surface area contributed by atoms with E-state index in [-0.39, 0.29) is 19.1 Å². The molecule has 0 radical (unpaired) electrons. The van der Waals surface area contributed by atoms with Crippen LogP contribution in [0.3, 0.4) is 0 Å². The summed E-state index contributed by atoms with van der Waals surface area (Å²) >= 11 is 0.